The summed E-state index contributed by atoms with van der Waals surface area (Å²) in [5.74, 6) is 0. The lowest BCUT2D eigenvalue weighted by atomic mass is 10.1. The average molecular weight is 271 g/mol. The quantitative estimate of drug-likeness (QED) is 0.923. The highest BCUT2D eigenvalue weighted by Crippen LogP contribution is 2.20. The molecule has 1 N–H and O–H groups in total. The Bertz CT molecular complexity index is 552. The normalized spacial score (nSPS) is 19.5. The SMILES string of the molecule is CC[C@H](C)N1CCN(Cc2c[nH]c3ccccc23)CC1. The fourth-order valence-electron chi connectivity index (χ4n) is 3.12. The molecule has 108 valence electrons. The van der Waals surface area contributed by atoms with Gasteiger partial charge in [-0.05, 0) is 25.0 Å². The molecular weight excluding hydrogens is 246 g/mol. The van der Waals surface area contributed by atoms with Gasteiger partial charge in [0.2, 0.25) is 0 Å². The van der Waals surface area contributed by atoms with Crippen LogP contribution in [0.1, 0.15) is 25.8 Å². The highest BCUT2D eigenvalue weighted by molar-refractivity contribution is 5.82. The fourth-order valence-corrected chi connectivity index (χ4v) is 3.12. The molecule has 3 rings (SSSR count). The van der Waals surface area contributed by atoms with Crippen LogP contribution in [0.15, 0.2) is 30.5 Å². The van der Waals surface area contributed by atoms with E-state index in [1.165, 1.54) is 49.1 Å². The number of benzene rings is 1. The number of hydrogen-bond acceptors (Lipinski definition) is 2. The summed E-state index contributed by atoms with van der Waals surface area (Å²) in [5.41, 5.74) is 2.68. The summed E-state index contributed by atoms with van der Waals surface area (Å²) in [6, 6.07) is 9.31. The van der Waals surface area contributed by atoms with Crippen LogP contribution in [-0.2, 0) is 6.54 Å². The lowest BCUT2D eigenvalue weighted by Crippen LogP contribution is -2.48. The van der Waals surface area contributed by atoms with Gasteiger partial charge in [-0.15, -0.1) is 0 Å². The number of aromatic amines is 1. The van der Waals surface area contributed by atoms with Gasteiger partial charge in [0.25, 0.3) is 0 Å². The molecule has 2 heterocycles. The number of fused-ring (bicyclic) bond motifs is 1. The van der Waals surface area contributed by atoms with Gasteiger partial charge in [-0.2, -0.15) is 0 Å². The molecule has 1 atom stereocenters. The van der Waals surface area contributed by atoms with E-state index in [0.717, 1.165) is 12.6 Å². The van der Waals surface area contributed by atoms with E-state index in [1.54, 1.807) is 0 Å². The van der Waals surface area contributed by atoms with Crippen molar-refractivity contribution >= 4 is 10.9 Å². The standard InChI is InChI=1S/C17H25N3/c1-3-14(2)20-10-8-19(9-11-20)13-15-12-18-17-7-5-4-6-16(15)17/h4-7,12,14,18H,3,8-11,13H2,1-2H3/t14-/m0/s1. The maximum Gasteiger partial charge on any atom is 0.0457 e. The van der Waals surface area contributed by atoms with Gasteiger partial charge in [-0.25, -0.2) is 0 Å². The van der Waals surface area contributed by atoms with E-state index in [9.17, 15) is 0 Å². The first-order valence-corrected chi connectivity index (χ1v) is 7.79. The number of nitrogens with one attached hydrogen (secondary N) is 1. The van der Waals surface area contributed by atoms with Gasteiger partial charge in [0, 0.05) is 55.9 Å². The van der Waals surface area contributed by atoms with Crippen LogP contribution in [0.25, 0.3) is 10.9 Å². The van der Waals surface area contributed by atoms with Gasteiger partial charge in [-0.3, -0.25) is 9.80 Å². The predicted octanol–water partition coefficient (Wildman–Crippen LogP) is 3.08. The number of rotatable bonds is 4. The van der Waals surface area contributed by atoms with Crippen LogP contribution < -0.4 is 0 Å². The molecule has 0 spiro atoms. The molecule has 20 heavy (non-hydrogen) atoms. The summed E-state index contributed by atoms with van der Waals surface area (Å²) >= 11 is 0. The molecule has 1 aromatic heterocycles. The number of piperazine rings is 1. The minimum atomic E-state index is 0.727. The first kappa shape index (κ1) is 13.7. The van der Waals surface area contributed by atoms with Crippen molar-refractivity contribution in [3.63, 3.8) is 0 Å². The van der Waals surface area contributed by atoms with E-state index < -0.39 is 0 Å². The Hall–Kier alpha value is -1.32. The average Bonchev–Trinajstić information content (AvgIpc) is 2.91. The van der Waals surface area contributed by atoms with E-state index in [2.05, 4.69) is 59.1 Å². The number of para-hydroxylation sites is 1. The molecule has 1 aliphatic heterocycles. The van der Waals surface area contributed by atoms with Crippen LogP contribution in [-0.4, -0.2) is 47.0 Å². The van der Waals surface area contributed by atoms with Gasteiger partial charge in [0.15, 0.2) is 0 Å². The van der Waals surface area contributed by atoms with E-state index in [1.807, 2.05) is 0 Å². The largest absolute Gasteiger partial charge is 0.361 e. The minimum absolute atomic E-state index is 0.727. The van der Waals surface area contributed by atoms with E-state index >= 15 is 0 Å². The molecule has 1 aliphatic rings. The Balaban J connectivity index is 1.62. The van der Waals surface area contributed by atoms with E-state index in [4.69, 9.17) is 0 Å². The molecular formula is C17H25N3. The van der Waals surface area contributed by atoms with E-state index in [0.29, 0.717) is 0 Å². The Kier molecular flexibility index (Phi) is 4.08. The number of aromatic nitrogens is 1. The first-order chi connectivity index (χ1) is 9.78. The van der Waals surface area contributed by atoms with Gasteiger partial charge in [0.1, 0.15) is 0 Å². The highest BCUT2D eigenvalue weighted by Gasteiger charge is 2.20. The van der Waals surface area contributed by atoms with Crippen LogP contribution >= 0.6 is 0 Å². The Morgan fingerprint density at radius 2 is 1.90 bits per heavy atom. The van der Waals surface area contributed by atoms with Gasteiger partial charge >= 0.3 is 0 Å². The van der Waals surface area contributed by atoms with Crippen LogP contribution in [0.4, 0.5) is 0 Å². The predicted molar refractivity (Wildman–Crippen MR) is 84.9 cm³/mol. The highest BCUT2D eigenvalue weighted by atomic mass is 15.3. The fraction of sp³-hybridized carbons (Fsp3) is 0.529. The Morgan fingerprint density at radius 3 is 2.65 bits per heavy atom. The molecule has 2 aromatic rings. The molecule has 0 aliphatic carbocycles. The summed E-state index contributed by atoms with van der Waals surface area (Å²) in [7, 11) is 0. The third-order valence-electron chi connectivity index (χ3n) is 4.69. The van der Waals surface area contributed by atoms with Crippen LogP contribution in [0.3, 0.4) is 0 Å². The number of H-pyrrole nitrogens is 1. The zero-order valence-electron chi connectivity index (χ0n) is 12.6. The molecule has 1 fully saturated rings. The summed E-state index contributed by atoms with van der Waals surface area (Å²) in [6.07, 6.45) is 3.42. The molecule has 0 amide bonds. The second-order valence-corrected chi connectivity index (χ2v) is 5.93. The van der Waals surface area contributed by atoms with Crippen molar-refractivity contribution in [1.82, 2.24) is 14.8 Å². The molecule has 0 bridgehead atoms. The minimum Gasteiger partial charge on any atom is -0.361 e. The third-order valence-corrected chi connectivity index (χ3v) is 4.69. The summed E-state index contributed by atoms with van der Waals surface area (Å²) < 4.78 is 0. The zero-order chi connectivity index (χ0) is 13.9. The lowest BCUT2D eigenvalue weighted by Gasteiger charge is -2.37. The van der Waals surface area contributed by atoms with Crippen molar-refractivity contribution in [2.24, 2.45) is 0 Å². The van der Waals surface area contributed by atoms with Crippen LogP contribution in [0.2, 0.25) is 0 Å². The smallest absolute Gasteiger partial charge is 0.0457 e. The number of hydrogen-bond donors (Lipinski definition) is 1. The second kappa shape index (κ2) is 5.98. The van der Waals surface area contributed by atoms with Gasteiger partial charge in [0.05, 0.1) is 0 Å². The first-order valence-electron chi connectivity index (χ1n) is 7.79. The molecule has 3 nitrogen and oxygen atoms in total. The van der Waals surface area contributed by atoms with Crippen molar-refractivity contribution in [3.05, 3.63) is 36.0 Å². The molecule has 0 unspecified atom stereocenters. The summed E-state index contributed by atoms with van der Waals surface area (Å²) in [6.45, 7) is 10.5. The molecule has 1 aromatic carbocycles. The number of nitrogens with zero attached hydrogens (tertiary/aromatic N) is 2. The van der Waals surface area contributed by atoms with Crippen molar-refractivity contribution in [2.45, 2.75) is 32.9 Å². The maximum absolute atomic E-state index is 3.38. The van der Waals surface area contributed by atoms with E-state index in [-0.39, 0.29) is 0 Å². The Labute approximate surface area is 121 Å². The van der Waals surface area contributed by atoms with Crippen molar-refractivity contribution in [2.75, 3.05) is 26.2 Å². The van der Waals surface area contributed by atoms with Crippen molar-refractivity contribution in [3.8, 4) is 0 Å². The third kappa shape index (κ3) is 2.74. The van der Waals surface area contributed by atoms with Crippen LogP contribution in [0, 0.1) is 0 Å². The van der Waals surface area contributed by atoms with Gasteiger partial charge < -0.3 is 4.98 Å². The molecule has 0 radical (unpaired) electrons. The molecule has 3 heteroatoms. The molecule has 0 saturated carbocycles. The Morgan fingerprint density at radius 1 is 1.15 bits per heavy atom. The zero-order valence-corrected chi connectivity index (χ0v) is 12.6. The van der Waals surface area contributed by atoms with Crippen molar-refractivity contribution in [1.29, 1.82) is 0 Å². The second-order valence-electron chi connectivity index (χ2n) is 5.93. The van der Waals surface area contributed by atoms with Crippen LogP contribution in [0.5, 0.6) is 0 Å². The summed E-state index contributed by atoms with van der Waals surface area (Å²) in [5, 5.41) is 1.37. The topological polar surface area (TPSA) is 22.3 Å². The van der Waals surface area contributed by atoms with Gasteiger partial charge in [-0.1, -0.05) is 25.1 Å². The van der Waals surface area contributed by atoms with Crippen molar-refractivity contribution < 1.29 is 0 Å². The maximum atomic E-state index is 3.38. The monoisotopic (exact) mass is 271 g/mol. The lowest BCUT2D eigenvalue weighted by molar-refractivity contribution is 0.0966. The molecule has 1 saturated heterocycles. The summed E-state index contributed by atoms with van der Waals surface area (Å²) in [4.78, 5) is 8.57.